The molecule has 1 unspecified atom stereocenters. The molecule has 0 bridgehead atoms. The Balaban J connectivity index is 2.33. The number of anilines is 1. The molecule has 0 fully saturated rings. The Kier molecular flexibility index (Phi) is 5.59. The van der Waals surface area contributed by atoms with Crippen LogP contribution >= 0.6 is 0 Å². The summed E-state index contributed by atoms with van der Waals surface area (Å²) in [6.45, 7) is 2.18. The fourth-order valence-corrected chi connectivity index (χ4v) is 1.42. The first-order valence-electron chi connectivity index (χ1n) is 5.71. The highest BCUT2D eigenvalue weighted by atomic mass is 16.1. The van der Waals surface area contributed by atoms with Crippen molar-refractivity contribution in [3.63, 3.8) is 0 Å². The quantitative estimate of drug-likeness (QED) is 0.786. The second kappa shape index (κ2) is 7.29. The summed E-state index contributed by atoms with van der Waals surface area (Å²) < 4.78 is 0. The van der Waals surface area contributed by atoms with Crippen molar-refractivity contribution in [3.8, 4) is 6.07 Å². The number of para-hydroxylation sites is 1. The van der Waals surface area contributed by atoms with Crippen molar-refractivity contribution in [2.45, 2.75) is 25.8 Å². The van der Waals surface area contributed by atoms with Gasteiger partial charge in [-0.15, -0.1) is 0 Å². The summed E-state index contributed by atoms with van der Waals surface area (Å²) in [5.74, 6) is -0.0871. The van der Waals surface area contributed by atoms with Gasteiger partial charge >= 0.3 is 0 Å². The maximum Gasteiger partial charge on any atom is 0.239 e. The van der Waals surface area contributed by atoms with Crippen LogP contribution in [0.25, 0.3) is 0 Å². The molecular formula is C13H17N3O. The van der Waals surface area contributed by atoms with Gasteiger partial charge in [0.1, 0.15) is 0 Å². The van der Waals surface area contributed by atoms with Crippen molar-refractivity contribution in [2.24, 2.45) is 0 Å². The number of rotatable bonds is 6. The zero-order valence-corrected chi connectivity index (χ0v) is 9.94. The molecule has 1 aromatic rings. The van der Waals surface area contributed by atoms with Crippen molar-refractivity contribution in [1.29, 1.82) is 5.26 Å². The largest absolute Gasteiger partial charge is 0.376 e. The third-order valence-corrected chi connectivity index (χ3v) is 2.42. The Hall–Kier alpha value is -2.02. The number of nitrogens with zero attached hydrogens (tertiary/aromatic N) is 1. The second-order valence-corrected chi connectivity index (χ2v) is 3.75. The average Bonchev–Trinajstić information content (AvgIpc) is 2.37. The Morgan fingerprint density at radius 3 is 2.71 bits per heavy atom. The Morgan fingerprint density at radius 1 is 1.41 bits per heavy atom. The molecule has 2 N–H and O–H groups in total. The Labute approximate surface area is 102 Å². The van der Waals surface area contributed by atoms with Crippen LogP contribution < -0.4 is 10.6 Å². The average molecular weight is 231 g/mol. The molecule has 0 heterocycles. The molecule has 0 aliphatic carbocycles. The van der Waals surface area contributed by atoms with Crippen LogP contribution in [0.5, 0.6) is 0 Å². The van der Waals surface area contributed by atoms with Crippen molar-refractivity contribution in [2.75, 3.05) is 11.9 Å². The monoisotopic (exact) mass is 231 g/mol. The number of benzene rings is 1. The van der Waals surface area contributed by atoms with Gasteiger partial charge in [0.05, 0.1) is 19.0 Å². The number of amides is 1. The Bertz CT molecular complexity index is 383. The first kappa shape index (κ1) is 13.0. The second-order valence-electron chi connectivity index (χ2n) is 3.75. The fourth-order valence-electron chi connectivity index (χ4n) is 1.42. The van der Waals surface area contributed by atoms with Gasteiger partial charge < -0.3 is 10.6 Å². The molecule has 4 heteroatoms. The molecule has 17 heavy (non-hydrogen) atoms. The fraction of sp³-hybridized carbons (Fsp3) is 0.385. The number of nitrogens with one attached hydrogen (secondary N) is 2. The number of hydrogen-bond acceptors (Lipinski definition) is 3. The molecule has 1 atom stereocenters. The summed E-state index contributed by atoms with van der Waals surface area (Å²) in [6.07, 6.45) is 1.12. The minimum absolute atomic E-state index is 0.0509. The SMILES string of the molecule is CCC(CC#N)NC(=O)CNc1ccccc1. The zero-order chi connectivity index (χ0) is 12.5. The van der Waals surface area contributed by atoms with Gasteiger partial charge in [-0.3, -0.25) is 4.79 Å². The van der Waals surface area contributed by atoms with E-state index in [4.69, 9.17) is 5.26 Å². The van der Waals surface area contributed by atoms with E-state index in [0.717, 1.165) is 12.1 Å². The zero-order valence-electron chi connectivity index (χ0n) is 9.94. The van der Waals surface area contributed by atoms with Crippen LogP contribution in [0.2, 0.25) is 0 Å². The predicted molar refractivity (Wildman–Crippen MR) is 67.4 cm³/mol. The molecule has 0 aliphatic heterocycles. The van der Waals surface area contributed by atoms with E-state index in [9.17, 15) is 4.79 Å². The lowest BCUT2D eigenvalue weighted by molar-refractivity contribution is -0.120. The number of nitriles is 1. The predicted octanol–water partition coefficient (Wildman–Crippen LogP) is 1.91. The highest BCUT2D eigenvalue weighted by Crippen LogP contribution is 2.04. The van der Waals surface area contributed by atoms with Crippen LogP contribution in [0.15, 0.2) is 30.3 Å². The van der Waals surface area contributed by atoms with Crippen molar-refractivity contribution < 1.29 is 4.79 Å². The third kappa shape index (κ3) is 5.03. The summed E-state index contributed by atoms with van der Waals surface area (Å²) in [6, 6.07) is 11.6. The van der Waals surface area contributed by atoms with Gasteiger partial charge in [-0.05, 0) is 18.6 Å². The van der Waals surface area contributed by atoms with E-state index < -0.39 is 0 Å². The minimum Gasteiger partial charge on any atom is -0.376 e. The van der Waals surface area contributed by atoms with E-state index in [1.807, 2.05) is 37.3 Å². The normalized spacial score (nSPS) is 11.3. The summed E-state index contributed by atoms with van der Waals surface area (Å²) in [5.41, 5.74) is 0.913. The van der Waals surface area contributed by atoms with Crippen molar-refractivity contribution in [3.05, 3.63) is 30.3 Å². The van der Waals surface area contributed by atoms with E-state index in [-0.39, 0.29) is 18.5 Å². The van der Waals surface area contributed by atoms with Gasteiger partial charge in [0.2, 0.25) is 5.91 Å². The van der Waals surface area contributed by atoms with Gasteiger partial charge in [0.25, 0.3) is 0 Å². The standard InChI is InChI=1S/C13H17N3O/c1-2-11(8-9-14)16-13(17)10-15-12-6-4-3-5-7-12/h3-7,11,15H,2,8,10H2,1H3,(H,16,17). The Morgan fingerprint density at radius 2 is 2.12 bits per heavy atom. The van der Waals surface area contributed by atoms with Crippen LogP contribution in [0, 0.1) is 11.3 Å². The number of carbonyl (C=O) groups excluding carboxylic acids is 1. The molecule has 0 radical (unpaired) electrons. The topological polar surface area (TPSA) is 64.9 Å². The van der Waals surface area contributed by atoms with Crippen molar-refractivity contribution >= 4 is 11.6 Å². The molecular weight excluding hydrogens is 214 g/mol. The lowest BCUT2D eigenvalue weighted by atomic mass is 10.1. The molecule has 4 nitrogen and oxygen atoms in total. The highest BCUT2D eigenvalue weighted by Gasteiger charge is 2.09. The van der Waals surface area contributed by atoms with E-state index in [2.05, 4.69) is 16.7 Å². The van der Waals surface area contributed by atoms with Gasteiger partial charge in [-0.2, -0.15) is 5.26 Å². The van der Waals surface area contributed by atoms with Crippen LogP contribution in [0.4, 0.5) is 5.69 Å². The van der Waals surface area contributed by atoms with Crippen LogP contribution in [-0.2, 0) is 4.79 Å². The van der Waals surface area contributed by atoms with E-state index >= 15 is 0 Å². The lowest BCUT2D eigenvalue weighted by Gasteiger charge is -2.14. The van der Waals surface area contributed by atoms with Gasteiger partial charge in [0.15, 0.2) is 0 Å². The molecule has 90 valence electrons. The molecule has 0 spiro atoms. The molecule has 1 amide bonds. The summed E-state index contributed by atoms with van der Waals surface area (Å²) >= 11 is 0. The maximum absolute atomic E-state index is 11.6. The maximum atomic E-state index is 11.6. The van der Waals surface area contributed by atoms with Gasteiger partial charge in [-0.1, -0.05) is 25.1 Å². The molecule has 0 aliphatic rings. The molecule has 0 saturated heterocycles. The highest BCUT2D eigenvalue weighted by molar-refractivity contribution is 5.80. The van der Waals surface area contributed by atoms with Gasteiger partial charge in [0, 0.05) is 11.7 Å². The smallest absolute Gasteiger partial charge is 0.239 e. The van der Waals surface area contributed by atoms with E-state index in [1.165, 1.54) is 0 Å². The number of carbonyl (C=O) groups is 1. The molecule has 1 rings (SSSR count). The van der Waals surface area contributed by atoms with Crippen LogP contribution in [0.3, 0.4) is 0 Å². The molecule has 1 aromatic carbocycles. The first-order chi connectivity index (χ1) is 8.26. The first-order valence-corrected chi connectivity index (χ1v) is 5.71. The summed E-state index contributed by atoms with van der Waals surface area (Å²) in [7, 11) is 0. The van der Waals surface area contributed by atoms with E-state index in [1.54, 1.807) is 0 Å². The van der Waals surface area contributed by atoms with Crippen LogP contribution in [-0.4, -0.2) is 18.5 Å². The van der Waals surface area contributed by atoms with Crippen LogP contribution in [0.1, 0.15) is 19.8 Å². The lowest BCUT2D eigenvalue weighted by Crippen LogP contribution is -2.37. The summed E-state index contributed by atoms with van der Waals surface area (Å²) in [5, 5.41) is 14.4. The van der Waals surface area contributed by atoms with Gasteiger partial charge in [-0.25, -0.2) is 0 Å². The van der Waals surface area contributed by atoms with Crippen molar-refractivity contribution in [1.82, 2.24) is 5.32 Å². The van der Waals surface area contributed by atoms with E-state index in [0.29, 0.717) is 6.42 Å². The summed E-state index contributed by atoms with van der Waals surface area (Å²) in [4.78, 5) is 11.6. The molecule has 0 aromatic heterocycles. The minimum atomic E-state index is -0.0871. The number of hydrogen-bond donors (Lipinski definition) is 2. The third-order valence-electron chi connectivity index (χ3n) is 2.42. The molecule has 0 saturated carbocycles.